The first-order valence-electron chi connectivity index (χ1n) is 3.99. The Balaban J connectivity index is 3.23. The van der Waals surface area contributed by atoms with Gasteiger partial charge in [0, 0.05) is 5.56 Å². The van der Waals surface area contributed by atoms with Crippen molar-refractivity contribution in [2.75, 3.05) is 6.54 Å². The second-order valence-corrected chi connectivity index (χ2v) is 2.86. The highest BCUT2D eigenvalue weighted by atomic mass is 19.4. The molecule has 0 radical (unpaired) electrons. The summed E-state index contributed by atoms with van der Waals surface area (Å²) < 4.78 is 36.9. The molecule has 0 saturated heterocycles. The van der Waals surface area contributed by atoms with E-state index in [0.29, 0.717) is 6.07 Å². The summed E-state index contributed by atoms with van der Waals surface area (Å²) in [5.41, 5.74) is 3.61. The molecule has 1 rings (SSSR count). The van der Waals surface area contributed by atoms with Crippen molar-refractivity contribution in [2.45, 2.75) is 6.18 Å². The Labute approximate surface area is 83.3 Å². The number of nitrogens with two attached hydrogens (primary N) is 1. The topological polar surface area (TPSA) is 63.3 Å². The number of aromatic hydroxyl groups is 1. The maximum Gasteiger partial charge on any atom is 0.419 e. The van der Waals surface area contributed by atoms with Crippen molar-refractivity contribution in [3.8, 4) is 5.75 Å². The van der Waals surface area contributed by atoms with E-state index in [1.54, 1.807) is 0 Å². The van der Waals surface area contributed by atoms with Crippen molar-refractivity contribution in [3.63, 3.8) is 0 Å². The predicted octanol–water partition coefficient (Wildman–Crippen LogP) is 1.55. The summed E-state index contributed by atoms with van der Waals surface area (Å²) in [6.45, 7) is -0.373. The number of ketones is 1. The highest BCUT2D eigenvalue weighted by molar-refractivity contribution is 5.97. The predicted molar refractivity (Wildman–Crippen MR) is 46.5 cm³/mol. The van der Waals surface area contributed by atoms with Crippen molar-refractivity contribution < 1.29 is 23.1 Å². The average molecular weight is 219 g/mol. The molecule has 0 heterocycles. The number of phenolic OH excluding ortho intramolecular Hbond substituents is 1. The number of hydrogen-bond donors (Lipinski definition) is 2. The van der Waals surface area contributed by atoms with E-state index in [1.807, 2.05) is 0 Å². The smallest absolute Gasteiger partial charge is 0.419 e. The molecule has 6 heteroatoms. The molecule has 0 spiro atoms. The van der Waals surface area contributed by atoms with E-state index in [1.165, 1.54) is 0 Å². The van der Waals surface area contributed by atoms with Gasteiger partial charge in [-0.15, -0.1) is 0 Å². The average Bonchev–Trinajstić information content (AvgIpc) is 2.15. The lowest BCUT2D eigenvalue weighted by molar-refractivity contribution is -0.138. The summed E-state index contributed by atoms with van der Waals surface area (Å²) in [6.07, 6.45) is -4.69. The molecule has 0 fully saturated rings. The first-order chi connectivity index (χ1) is 6.86. The van der Waals surface area contributed by atoms with Crippen LogP contribution in [0.25, 0.3) is 0 Å². The number of halogens is 3. The van der Waals surface area contributed by atoms with Gasteiger partial charge in [-0.1, -0.05) is 0 Å². The van der Waals surface area contributed by atoms with Gasteiger partial charge in [0.25, 0.3) is 0 Å². The summed E-state index contributed by atoms with van der Waals surface area (Å²) in [5, 5.41) is 8.96. The minimum Gasteiger partial charge on any atom is -0.507 e. The molecule has 0 atom stereocenters. The third-order valence-electron chi connectivity index (χ3n) is 1.81. The van der Waals surface area contributed by atoms with Crippen LogP contribution in [0.4, 0.5) is 13.2 Å². The highest BCUT2D eigenvalue weighted by Gasteiger charge is 2.34. The fourth-order valence-corrected chi connectivity index (χ4v) is 1.05. The van der Waals surface area contributed by atoms with E-state index in [-0.39, 0.29) is 12.1 Å². The van der Waals surface area contributed by atoms with E-state index < -0.39 is 23.3 Å². The zero-order valence-electron chi connectivity index (χ0n) is 7.51. The van der Waals surface area contributed by atoms with Crippen LogP contribution in [-0.4, -0.2) is 17.4 Å². The third-order valence-corrected chi connectivity index (χ3v) is 1.81. The SMILES string of the molecule is NCC(=O)c1ccc(O)c(C(F)(F)F)c1. The van der Waals surface area contributed by atoms with Crippen molar-refractivity contribution in [3.05, 3.63) is 29.3 Å². The Kier molecular flexibility index (Phi) is 2.99. The third kappa shape index (κ3) is 2.47. The summed E-state index contributed by atoms with van der Waals surface area (Å²) in [7, 11) is 0. The van der Waals surface area contributed by atoms with E-state index in [4.69, 9.17) is 10.8 Å². The van der Waals surface area contributed by atoms with Crippen LogP contribution in [0, 0.1) is 0 Å². The molecule has 0 aliphatic rings. The standard InChI is InChI=1S/C9H8F3NO2/c10-9(11,12)6-3-5(8(15)4-13)1-2-7(6)14/h1-3,14H,4,13H2. The lowest BCUT2D eigenvalue weighted by Crippen LogP contribution is -2.15. The number of carbonyl (C=O) groups is 1. The molecule has 0 amide bonds. The van der Waals surface area contributed by atoms with Gasteiger partial charge in [-0.05, 0) is 18.2 Å². The molecule has 0 aliphatic heterocycles. The molecule has 3 N–H and O–H groups in total. The van der Waals surface area contributed by atoms with E-state index >= 15 is 0 Å². The van der Waals surface area contributed by atoms with Gasteiger partial charge in [-0.25, -0.2) is 0 Å². The quantitative estimate of drug-likeness (QED) is 0.742. The summed E-state index contributed by atoms with van der Waals surface area (Å²) in [5.74, 6) is -1.52. The van der Waals surface area contributed by atoms with Crippen LogP contribution in [-0.2, 0) is 6.18 Å². The van der Waals surface area contributed by atoms with Gasteiger partial charge in [-0.3, -0.25) is 4.79 Å². The van der Waals surface area contributed by atoms with Gasteiger partial charge in [0.1, 0.15) is 5.75 Å². The van der Waals surface area contributed by atoms with Crippen molar-refractivity contribution >= 4 is 5.78 Å². The van der Waals surface area contributed by atoms with E-state index in [0.717, 1.165) is 12.1 Å². The van der Waals surface area contributed by atoms with Crippen molar-refractivity contribution in [1.29, 1.82) is 0 Å². The summed E-state index contributed by atoms with van der Waals surface area (Å²) in [4.78, 5) is 11.0. The maximum absolute atomic E-state index is 12.3. The molecule has 1 aromatic rings. The molecule has 0 bridgehead atoms. The van der Waals surface area contributed by atoms with Gasteiger partial charge in [0.2, 0.25) is 0 Å². The number of carbonyl (C=O) groups excluding carboxylic acids is 1. The second-order valence-electron chi connectivity index (χ2n) is 2.86. The lowest BCUT2D eigenvalue weighted by atomic mass is 10.1. The number of benzene rings is 1. The Hall–Kier alpha value is -1.56. The molecular formula is C9H8F3NO2. The van der Waals surface area contributed by atoms with Crippen LogP contribution < -0.4 is 5.73 Å². The summed E-state index contributed by atoms with van der Waals surface area (Å²) >= 11 is 0. The zero-order chi connectivity index (χ0) is 11.6. The fraction of sp³-hybridized carbons (Fsp3) is 0.222. The Bertz CT molecular complexity index is 387. The number of alkyl halides is 3. The molecule has 0 aliphatic carbocycles. The normalized spacial score (nSPS) is 11.5. The Morgan fingerprint density at radius 3 is 2.47 bits per heavy atom. The van der Waals surface area contributed by atoms with Gasteiger partial charge < -0.3 is 10.8 Å². The lowest BCUT2D eigenvalue weighted by Gasteiger charge is -2.09. The molecule has 82 valence electrons. The molecular weight excluding hydrogens is 211 g/mol. The molecule has 15 heavy (non-hydrogen) atoms. The largest absolute Gasteiger partial charge is 0.507 e. The van der Waals surface area contributed by atoms with Gasteiger partial charge >= 0.3 is 6.18 Å². The van der Waals surface area contributed by atoms with Gasteiger partial charge in [-0.2, -0.15) is 13.2 Å². The van der Waals surface area contributed by atoms with Crippen molar-refractivity contribution in [2.24, 2.45) is 5.73 Å². The Morgan fingerprint density at radius 2 is 2.00 bits per heavy atom. The molecule has 3 nitrogen and oxygen atoms in total. The molecule has 0 unspecified atom stereocenters. The number of rotatable bonds is 2. The Morgan fingerprint density at radius 1 is 1.40 bits per heavy atom. The van der Waals surface area contributed by atoms with E-state index in [2.05, 4.69) is 0 Å². The first-order valence-corrected chi connectivity index (χ1v) is 3.99. The van der Waals surface area contributed by atoms with Crippen LogP contribution in [0.15, 0.2) is 18.2 Å². The van der Waals surface area contributed by atoms with E-state index in [9.17, 15) is 18.0 Å². The van der Waals surface area contributed by atoms with Crippen LogP contribution in [0.3, 0.4) is 0 Å². The van der Waals surface area contributed by atoms with Gasteiger partial charge in [0.05, 0.1) is 12.1 Å². The van der Waals surface area contributed by atoms with Crippen LogP contribution in [0.5, 0.6) is 5.75 Å². The number of hydrogen-bond acceptors (Lipinski definition) is 3. The number of phenols is 1. The minimum absolute atomic E-state index is 0.164. The van der Waals surface area contributed by atoms with Crippen molar-refractivity contribution in [1.82, 2.24) is 0 Å². The minimum atomic E-state index is -4.69. The van der Waals surface area contributed by atoms with Crippen LogP contribution in [0.2, 0.25) is 0 Å². The molecule has 1 aromatic carbocycles. The monoisotopic (exact) mass is 219 g/mol. The summed E-state index contributed by atoms with van der Waals surface area (Å²) in [6, 6.07) is 2.51. The second kappa shape index (κ2) is 3.90. The molecule has 0 aromatic heterocycles. The van der Waals surface area contributed by atoms with Gasteiger partial charge in [0.15, 0.2) is 5.78 Å². The fourth-order valence-electron chi connectivity index (χ4n) is 1.05. The van der Waals surface area contributed by atoms with Crippen LogP contribution >= 0.6 is 0 Å². The molecule has 0 saturated carbocycles. The maximum atomic E-state index is 12.3. The highest BCUT2D eigenvalue weighted by Crippen LogP contribution is 2.35. The zero-order valence-corrected chi connectivity index (χ0v) is 7.51. The number of Topliss-reactive ketones (excluding diaryl/α,β-unsaturated/α-hetero) is 1. The van der Waals surface area contributed by atoms with Crippen LogP contribution in [0.1, 0.15) is 15.9 Å². The first kappa shape index (κ1) is 11.5.